The van der Waals surface area contributed by atoms with E-state index in [2.05, 4.69) is 36.5 Å². The summed E-state index contributed by atoms with van der Waals surface area (Å²) in [6.45, 7) is 2.69. The molecule has 0 radical (unpaired) electrons. The summed E-state index contributed by atoms with van der Waals surface area (Å²) < 4.78 is 2.75. The van der Waals surface area contributed by atoms with Gasteiger partial charge in [0.2, 0.25) is 0 Å². The van der Waals surface area contributed by atoms with Crippen LogP contribution >= 0.6 is 15.9 Å². The zero-order valence-corrected chi connectivity index (χ0v) is 10.7. The molecule has 6 heteroatoms. The molecule has 0 aromatic carbocycles. The average molecular weight is 282 g/mol. The standard InChI is InChI=1S/C10H12BrN5/c1-7-3-10(13-6-9(7)11)12-4-8-5-14-15-16(8)2/h3,5-6H,4H2,1-2H3,(H,12,13). The third-order valence-electron chi connectivity index (χ3n) is 2.31. The first-order valence-electron chi connectivity index (χ1n) is 4.86. The molecule has 0 aliphatic carbocycles. The molecule has 0 bridgehead atoms. The summed E-state index contributed by atoms with van der Waals surface area (Å²) in [6.07, 6.45) is 3.53. The number of anilines is 1. The van der Waals surface area contributed by atoms with E-state index in [4.69, 9.17) is 0 Å². The minimum absolute atomic E-state index is 0.664. The van der Waals surface area contributed by atoms with Crippen LogP contribution in [-0.4, -0.2) is 20.0 Å². The number of aromatic nitrogens is 4. The highest BCUT2D eigenvalue weighted by Gasteiger charge is 2.01. The summed E-state index contributed by atoms with van der Waals surface area (Å²) in [5.74, 6) is 0.849. The molecule has 0 unspecified atom stereocenters. The lowest BCUT2D eigenvalue weighted by Crippen LogP contribution is -2.06. The molecule has 2 rings (SSSR count). The van der Waals surface area contributed by atoms with E-state index in [0.717, 1.165) is 21.5 Å². The minimum atomic E-state index is 0.664. The molecule has 2 heterocycles. The average Bonchev–Trinajstić information content (AvgIpc) is 2.66. The molecular formula is C10H12BrN5. The Labute approximate surface area is 102 Å². The first-order valence-corrected chi connectivity index (χ1v) is 5.65. The third kappa shape index (κ3) is 2.38. The Kier molecular flexibility index (Phi) is 3.19. The normalized spacial score (nSPS) is 10.4. The van der Waals surface area contributed by atoms with E-state index in [0.29, 0.717) is 6.54 Å². The number of hydrogen-bond donors (Lipinski definition) is 1. The number of halogens is 1. The zero-order valence-electron chi connectivity index (χ0n) is 9.11. The Hall–Kier alpha value is -1.43. The summed E-state index contributed by atoms with van der Waals surface area (Å²) >= 11 is 3.42. The molecule has 0 saturated heterocycles. The Balaban J connectivity index is 2.05. The fourth-order valence-electron chi connectivity index (χ4n) is 1.29. The highest BCUT2D eigenvalue weighted by atomic mass is 79.9. The summed E-state index contributed by atoms with van der Waals surface area (Å²) in [7, 11) is 1.87. The van der Waals surface area contributed by atoms with Crippen molar-refractivity contribution in [2.24, 2.45) is 7.05 Å². The molecule has 16 heavy (non-hydrogen) atoms. The summed E-state index contributed by atoms with van der Waals surface area (Å²) in [6, 6.07) is 1.99. The Morgan fingerprint density at radius 2 is 2.25 bits per heavy atom. The van der Waals surface area contributed by atoms with Gasteiger partial charge in [0.1, 0.15) is 5.82 Å². The highest BCUT2D eigenvalue weighted by molar-refractivity contribution is 9.10. The van der Waals surface area contributed by atoms with E-state index < -0.39 is 0 Å². The van der Waals surface area contributed by atoms with Crippen LogP contribution < -0.4 is 5.32 Å². The second-order valence-corrected chi connectivity index (χ2v) is 4.38. The number of aryl methyl sites for hydroxylation is 2. The lowest BCUT2D eigenvalue weighted by molar-refractivity contribution is 0.683. The molecule has 0 fully saturated rings. The predicted molar refractivity (Wildman–Crippen MR) is 65.0 cm³/mol. The largest absolute Gasteiger partial charge is 0.364 e. The van der Waals surface area contributed by atoms with Crippen molar-refractivity contribution in [3.05, 3.63) is 34.2 Å². The van der Waals surface area contributed by atoms with Gasteiger partial charge >= 0.3 is 0 Å². The lowest BCUT2D eigenvalue weighted by Gasteiger charge is -2.06. The molecule has 0 amide bonds. The molecule has 5 nitrogen and oxygen atoms in total. The molecule has 2 aromatic rings. The van der Waals surface area contributed by atoms with Crippen LogP contribution in [0.5, 0.6) is 0 Å². The third-order valence-corrected chi connectivity index (χ3v) is 3.14. The van der Waals surface area contributed by atoms with E-state index >= 15 is 0 Å². The van der Waals surface area contributed by atoms with Crippen LogP contribution in [-0.2, 0) is 13.6 Å². The molecule has 0 atom stereocenters. The van der Waals surface area contributed by atoms with Crippen LogP contribution in [0.15, 0.2) is 22.9 Å². The predicted octanol–water partition coefficient (Wildman–Crippen LogP) is 1.89. The van der Waals surface area contributed by atoms with E-state index in [1.807, 2.05) is 20.0 Å². The van der Waals surface area contributed by atoms with Gasteiger partial charge in [-0.05, 0) is 34.5 Å². The summed E-state index contributed by atoms with van der Waals surface area (Å²) in [5, 5.41) is 10.9. The van der Waals surface area contributed by atoms with Crippen LogP contribution in [0.3, 0.4) is 0 Å². The minimum Gasteiger partial charge on any atom is -0.364 e. The van der Waals surface area contributed by atoms with Gasteiger partial charge in [0, 0.05) is 17.7 Å². The Bertz CT molecular complexity index is 494. The highest BCUT2D eigenvalue weighted by Crippen LogP contribution is 2.17. The summed E-state index contributed by atoms with van der Waals surface area (Å²) in [5.41, 5.74) is 2.17. The molecular weight excluding hydrogens is 270 g/mol. The number of nitrogens with zero attached hydrogens (tertiary/aromatic N) is 4. The van der Waals surface area contributed by atoms with Gasteiger partial charge in [0.05, 0.1) is 18.4 Å². The van der Waals surface area contributed by atoms with Crippen LogP contribution in [0.4, 0.5) is 5.82 Å². The van der Waals surface area contributed by atoms with Gasteiger partial charge in [0.25, 0.3) is 0 Å². The second kappa shape index (κ2) is 4.61. The number of rotatable bonds is 3. The molecule has 0 aliphatic rings. The smallest absolute Gasteiger partial charge is 0.126 e. The maximum absolute atomic E-state index is 4.26. The number of pyridine rings is 1. The maximum Gasteiger partial charge on any atom is 0.126 e. The molecule has 0 aliphatic heterocycles. The maximum atomic E-state index is 4.26. The van der Waals surface area contributed by atoms with Crippen molar-refractivity contribution in [2.75, 3.05) is 5.32 Å². The molecule has 84 valence electrons. The van der Waals surface area contributed by atoms with Crippen LogP contribution in [0, 0.1) is 6.92 Å². The van der Waals surface area contributed by atoms with Gasteiger partial charge in [-0.2, -0.15) is 0 Å². The molecule has 2 aromatic heterocycles. The monoisotopic (exact) mass is 281 g/mol. The van der Waals surface area contributed by atoms with Crippen molar-refractivity contribution in [1.29, 1.82) is 0 Å². The van der Waals surface area contributed by atoms with Crippen molar-refractivity contribution < 1.29 is 0 Å². The van der Waals surface area contributed by atoms with Gasteiger partial charge < -0.3 is 5.32 Å². The van der Waals surface area contributed by atoms with E-state index in [1.165, 1.54) is 0 Å². The Morgan fingerprint density at radius 3 is 2.88 bits per heavy atom. The molecule has 0 spiro atoms. The lowest BCUT2D eigenvalue weighted by atomic mass is 10.3. The van der Waals surface area contributed by atoms with E-state index in [1.54, 1.807) is 17.1 Å². The zero-order chi connectivity index (χ0) is 11.5. The fraction of sp³-hybridized carbons (Fsp3) is 0.300. The van der Waals surface area contributed by atoms with Crippen molar-refractivity contribution in [3.8, 4) is 0 Å². The van der Waals surface area contributed by atoms with E-state index in [9.17, 15) is 0 Å². The topological polar surface area (TPSA) is 55.6 Å². The second-order valence-electron chi connectivity index (χ2n) is 3.52. The van der Waals surface area contributed by atoms with Crippen LogP contribution in [0.1, 0.15) is 11.3 Å². The number of hydrogen-bond acceptors (Lipinski definition) is 4. The van der Waals surface area contributed by atoms with Gasteiger partial charge in [-0.1, -0.05) is 5.21 Å². The van der Waals surface area contributed by atoms with Gasteiger partial charge in [-0.25, -0.2) is 4.98 Å². The van der Waals surface area contributed by atoms with Crippen molar-refractivity contribution in [2.45, 2.75) is 13.5 Å². The van der Waals surface area contributed by atoms with Crippen LogP contribution in [0.2, 0.25) is 0 Å². The SMILES string of the molecule is Cc1cc(NCc2cnnn2C)ncc1Br. The summed E-state index contributed by atoms with van der Waals surface area (Å²) in [4.78, 5) is 4.26. The fourth-order valence-corrected chi connectivity index (χ4v) is 1.50. The van der Waals surface area contributed by atoms with Crippen LogP contribution in [0.25, 0.3) is 0 Å². The first kappa shape index (κ1) is 11.1. The molecule has 1 N–H and O–H groups in total. The van der Waals surface area contributed by atoms with E-state index in [-0.39, 0.29) is 0 Å². The van der Waals surface area contributed by atoms with Crippen molar-refractivity contribution >= 4 is 21.7 Å². The Morgan fingerprint density at radius 1 is 1.44 bits per heavy atom. The van der Waals surface area contributed by atoms with Crippen molar-refractivity contribution in [3.63, 3.8) is 0 Å². The van der Waals surface area contributed by atoms with Gasteiger partial charge in [-0.15, -0.1) is 5.10 Å². The number of nitrogens with one attached hydrogen (secondary N) is 1. The first-order chi connectivity index (χ1) is 7.66. The van der Waals surface area contributed by atoms with Gasteiger partial charge in [0.15, 0.2) is 0 Å². The van der Waals surface area contributed by atoms with Crippen molar-refractivity contribution in [1.82, 2.24) is 20.0 Å². The quantitative estimate of drug-likeness (QED) is 0.934. The molecule has 0 saturated carbocycles. The van der Waals surface area contributed by atoms with Gasteiger partial charge in [-0.3, -0.25) is 4.68 Å².